The smallest absolute Gasteiger partial charge is 0.261 e. The Kier molecular flexibility index (Phi) is 4.08. The van der Waals surface area contributed by atoms with Crippen molar-refractivity contribution in [2.75, 3.05) is 17.2 Å². The summed E-state index contributed by atoms with van der Waals surface area (Å²) in [7, 11) is 0. The predicted molar refractivity (Wildman–Crippen MR) is 95.8 cm³/mol. The molecule has 0 aromatic carbocycles. The fourth-order valence-corrected chi connectivity index (χ4v) is 4.21. The first-order valence-corrected chi connectivity index (χ1v) is 9.65. The lowest BCUT2D eigenvalue weighted by Crippen LogP contribution is -2.36. The molecule has 1 amide bonds. The van der Waals surface area contributed by atoms with Crippen LogP contribution in [0.2, 0.25) is 0 Å². The lowest BCUT2D eigenvalue weighted by Gasteiger charge is -2.28. The molecule has 0 N–H and O–H groups in total. The Balaban J connectivity index is 1.72. The molecule has 1 saturated carbocycles. The molecule has 1 unspecified atom stereocenters. The Bertz CT molecular complexity index is 768. The molecule has 1 atom stereocenters. The average Bonchev–Trinajstić information content (AvgIpc) is 3.38. The maximum Gasteiger partial charge on any atom is 0.261 e. The normalized spacial score (nSPS) is 18.3. The quantitative estimate of drug-likeness (QED) is 0.846. The van der Waals surface area contributed by atoms with E-state index < -0.39 is 0 Å². The summed E-state index contributed by atoms with van der Waals surface area (Å²) >= 11 is 1.79. The molecule has 6 heteroatoms. The number of carbonyl (C=O) groups excluding carboxylic acids is 1. The number of carbonyl (C=O) groups is 1. The molecule has 4 rings (SSSR count). The number of amides is 1. The molecule has 24 heavy (non-hydrogen) atoms. The van der Waals surface area contributed by atoms with E-state index in [4.69, 9.17) is 0 Å². The second-order valence-corrected chi connectivity index (χ2v) is 7.70. The standard InChI is InChI=1S/C18H22N4OS/c1-3-12(2)22-17(13-4-5-13)14(10-20-22)18(23)21-8-9-24-16-6-7-19-11-15(16)21/h6-7,10-13H,3-5,8-9H2,1-2H3. The van der Waals surface area contributed by atoms with Crippen LogP contribution in [0, 0.1) is 0 Å². The third kappa shape index (κ3) is 2.62. The third-order valence-electron chi connectivity index (χ3n) is 4.91. The van der Waals surface area contributed by atoms with Gasteiger partial charge in [-0.2, -0.15) is 5.10 Å². The average molecular weight is 342 g/mol. The van der Waals surface area contributed by atoms with Crippen molar-refractivity contribution in [1.29, 1.82) is 0 Å². The molecule has 1 fully saturated rings. The minimum Gasteiger partial charge on any atom is -0.305 e. The van der Waals surface area contributed by atoms with Gasteiger partial charge in [-0.3, -0.25) is 14.5 Å². The fraction of sp³-hybridized carbons (Fsp3) is 0.500. The van der Waals surface area contributed by atoms with Gasteiger partial charge in [0, 0.05) is 35.3 Å². The van der Waals surface area contributed by atoms with Crippen molar-refractivity contribution in [2.45, 2.75) is 50.0 Å². The van der Waals surface area contributed by atoms with Gasteiger partial charge in [-0.15, -0.1) is 11.8 Å². The van der Waals surface area contributed by atoms with Crippen LogP contribution in [0.4, 0.5) is 5.69 Å². The summed E-state index contributed by atoms with van der Waals surface area (Å²) in [5.41, 5.74) is 2.84. The van der Waals surface area contributed by atoms with Crippen molar-refractivity contribution in [3.63, 3.8) is 0 Å². The van der Waals surface area contributed by atoms with Gasteiger partial charge >= 0.3 is 0 Å². The fourth-order valence-electron chi connectivity index (χ4n) is 3.25. The van der Waals surface area contributed by atoms with Crippen molar-refractivity contribution < 1.29 is 4.79 Å². The summed E-state index contributed by atoms with van der Waals surface area (Å²) in [6.45, 7) is 5.05. The molecule has 0 spiro atoms. The highest BCUT2D eigenvalue weighted by Crippen LogP contribution is 2.43. The molecule has 2 aromatic heterocycles. The minimum absolute atomic E-state index is 0.0704. The van der Waals surface area contributed by atoms with Crippen LogP contribution in [0.15, 0.2) is 29.6 Å². The molecule has 126 valence electrons. The van der Waals surface area contributed by atoms with Crippen LogP contribution in [-0.4, -0.2) is 33.0 Å². The Morgan fingerprint density at radius 1 is 1.42 bits per heavy atom. The molecule has 1 aliphatic carbocycles. The van der Waals surface area contributed by atoms with Crippen LogP contribution in [0.25, 0.3) is 0 Å². The van der Waals surface area contributed by atoms with Crippen LogP contribution in [0.5, 0.6) is 0 Å². The number of nitrogens with zero attached hydrogens (tertiary/aromatic N) is 4. The van der Waals surface area contributed by atoms with E-state index in [1.807, 2.05) is 11.0 Å². The summed E-state index contributed by atoms with van der Waals surface area (Å²) in [4.78, 5) is 20.5. The van der Waals surface area contributed by atoms with Gasteiger partial charge < -0.3 is 4.90 Å². The number of hydrogen-bond acceptors (Lipinski definition) is 4. The second-order valence-electron chi connectivity index (χ2n) is 6.57. The van der Waals surface area contributed by atoms with E-state index in [1.165, 1.54) is 0 Å². The van der Waals surface area contributed by atoms with Gasteiger partial charge in [0.25, 0.3) is 5.91 Å². The van der Waals surface area contributed by atoms with Crippen LogP contribution in [-0.2, 0) is 0 Å². The number of aromatic nitrogens is 3. The van der Waals surface area contributed by atoms with Gasteiger partial charge in [-0.1, -0.05) is 6.92 Å². The number of fused-ring (bicyclic) bond motifs is 1. The van der Waals surface area contributed by atoms with E-state index in [1.54, 1.807) is 30.4 Å². The molecule has 0 saturated heterocycles. The zero-order chi connectivity index (χ0) is 16.7. The Hall–Kier alpha value is -1.82. The molecule has 1 aliphatic heterocycles. The highest BCUT2D eigenvalue weighted by Gasteiger charge is 2.35. The van der Waals surface area contributed by atoms with E-state index >= 15 is 0 Å². The summed E-state index contributed by atoms with van der Waals surface area (Å²) in [5.74, 6) is 1.48. The lowest BCUT2D eigenvalue weighted by atomic mass is 10.1. The van der Waals surface area contributed by atoms with Gasteiger partial charge in [0.1, 0.15) is 0 Å². The molecule has 5 nitrogen and oxygen atoms in total. The monoisotopic (exact) mass is 342 g/mol. The topological polar surface area (TPSA) is 51.0 Å². The van der Waals surface area contributed by atoms with Crippen molar-refractivity contribution in [2.24, 2.45) is 0 Å². The zero-order valence-electron chi connectivity index (χ0n) is 14.1. The lowest BCUT2D eigenvalue weighted by molar-refractivity contribution is 0.0986. The number of rotatable bonds is 4. The van der Waals surface area contributed by atoms with Gasteiger partial charge in [0.2, 0.25) is 0 Å². The first-order valence-electron chi connectivity index (χ1n) is 8.66. The number of hydrogen-bond donors (Lipinski definition) is 0. The van der Waals surface area contributed by atoms with Gasteiger partial charge in [-0.05, 0) is 32.3 Å². The SMILES string of the molecule is CCC(C)n1ncc(C(=O)N2CCSc3ccncc32)c1C1CC1. The van der Waals surface area contributed by atoms with Gasteiger partial charge in [-0.25, -0.2) is 0 Å². The van der Waals surface area contributed by atoms with E-state index in [0.717, 1.165) is 53.4 Å². The maximum atomic E-state index is 13.3. The van der Waals surface area contributed by atoms with E-state index in [-0.39, 0.29) is 5.91 Å². The summed E-state index contributed by atoms with van der Waals surface area (Å²) in [6.07, 6.45) is 8.71. The van der Waals surface area contributed by atoms with Crippen LogP contribution in [0.3, 0.4) is 0 Å². The van der Waals surface area contributed by atoms with Gasteiger partial charge in [0.15, 0.2) is 0 Å². The molecule has 3 heterocycles. The molecular weight excluding hydrogens is 320 g/mol. The zero-order valence-corrected chi connectivity index (χ0v) is 14.9. The van der Waals surface area contributed by atoms with Crippen LogP contribution >= 0.6 is 11.8 Å². The summed E-state index contributed by atoms with van der Waals surface area (Å²) in [6, 6.07) is 2.32. The van der Waals surface area contributed by atoms with Gasteiger partial charge in [0.05, 0.1) is 29.3 Å². The largest absolute Gasteiger partial charge is 0.305 e. The van der Waals surface area contributed by atoms with Crippen molar-refractivity contribution in [1.82, 2.24) is 14.8 Å². The molecule has 0 bridgehead atoms. The van der Waals surface area contributed by atoms with Crippen LogP contribution in [0.1, 0.15) is 61.1 Å². The number of thioether (sulfide) groups is 1. The Morgan fingerprint density at radius 3 is 3.00 bits per heavy atom. The molecule has 0 radical (unpaired) electrons. The van der Waals surface area contributed by atoms with Crippen molar-refractivity contribution >= 4 is 23.4 Å². The first kappa shape index (κ1) is 15.7. The molecule has 2 aromatic rings. The summed E-state index contributed by atoms with van der Waals surface area (Å²) in [5, 5.41) is 4.57. The highest BCUT2D eigenvalue weighted by atomic mass is 32.2. The van der Waals surface area contributed by atoms with E-state index in [9.17, 15) is 4.79 Å². The Labute approximate surface area is 146 Å². The van der Waals surface area contributed by atoms with E-state index in [0.29, 0.717) is 12.0 Å². The third-order valence-corrected chi connectivity index (χ3v) is 5.95. The molecule has 2 aliphatic rings. The maximum absolute atomic E-state index is 13.3. The number of pyridine rings is 1. The van der Waals surface area contributed by atoms with Crippen molar-refractivity contribution in [3.8, 4) is 0 Å². The predicted octanol–water partition coefficient (Wildman–Crippen LogP) is 3.88. The second kappa shape index (κ2) is 6.24. The Morgan fingerprint density at radius 2 is 2.25 bits per heavy atom. The summed E-state index contributed by atoms with van der Waals surface area (Å²) < 4.78 is 2.08. The molecular formula is C18H22N4OS. The minimum atomic E-state index is 0.0704. The van der Waals surface area contributed by atoms with E-state index in [2.05, 4.69) is 28.6 Å². The number of anilines is 1. The van der Waals surface area contributed by atoms with Crippen molar-refractivity contribution in [3.05, 3.63) is 35.9 Å². The first-order chi connectivity index (χ1) is 11.7. The highest BCUT2D eigenvalue weighted by molar-refractivity contribution is 7.99. The van der Waals surface area contributed by atoms with Crippen LogP contribution < -0.4 is 4.90 Å².